The van der Waals surface area contributed by atoms with Crippen LogP contribution in [0.4, 0.5) is 4.79 Å². The molecule has 1 amide bonds. The molecule has 1 unspecified atom stereocenters. The van der Waals surface area contributed by atoms with E-state index in [1.54, 1.807) is 4.90 Å². The summed E-state index contributed by atoms with van der Waals surface area (Å²) in [6.45, 7) is 8.55. The number of nitrogens with one attached hydrogen (secondary N) is 2. The van der Waals surface area contributed by atoms with Crippen LogP contribution >= 0.6 is 0 Å². The van der Waals surface area contributed by atoms with Crippen LogP contribution in [-0.4, -0.2) is 68.1 Å². The van der Waals surface area contributed by atoms with Gasteiger partial charge in [-0.1, -0.05) is 48.5 Å². The lowest BCUT2D eigenvalue weighted by molar-refractivity contribution is 0.0218. The van der Waals surface area contributed by atoms with Gasteiger partial charge in [-0.2, -0.15) is 0 Å². The van der Waals surface area contributed by atoms with Crippen LogP contribution in [0.1, 0.15) is 63.6 Å². The number of hydrogen-bond donors (Lipinski definition) is 2. The van der Waals surface area contributed by atoms with Crippen LogP contribution in [-0.2, 0) is 4.74 Å². The Morgan fingerprint density at radius 2 is 1.38 bits per heavy atom. The highest BCUT2D eigenvalue weighted by Gasteiger charge is 2.34. The lowest BCUT2D eigenvalue weighted by atomic mass is 10.0. The molecule has 40 heavy (non-hydrogen) atoms. The van der Waals surface area contributed by atoms with Gasteiger partial charge in [-0.3, -0.25) is 4.90 Å². The summed E-state index contributed by atoms with van der Waals surface area (Å²) in [5.74, 6) is 2.39. The van der Waals surface area contributed by atoms with Crippen molar-refractivity contribution in [1.82, 2.24) is 29.7 Å². The predicted octanol–water partition coefficient (Wildman–Crippen LogP) is 6.62. The second-order valence-electron chi connectivity index (χ2n) is 12.1. The Hall–Kier alpha value is -3.91. The second kappa shape index (κ2) is 10.6. The van der Waals surface area contributed by atoms with E-state index in [9.17, 15) is 4.79 Å². The number of H-pyrrole nitrogens is 2. The summed E-state index contributed by atoms with van der Waals surface area (Å²) < 4.78 is 5.62. The number of aromatic nitrogens is 4. The van der Waals surface area contributed by atoms with Crippen LogP contribution in [0.3, 0.4) is 0 Å². The maximum Gasteiger partial charge on any atom is 0.410 e. The van der Waals surface area contributed by atoms with Gasteiger partial charge in [0.05, 0.1) is 29.8 Å². The zero-order chi connectivity index (χ0) is 27.9. The SMILES string of the molecule is CN1CCC(c2ncc(-c3ccc(-c4ccc(-c5cnc([C@@H]6CCCN6C(=O)OC(C)(C)C)[nH]5)cc4)cc3)[nH]2)C1. The molecule has 2 fully saturated rings. The fourth-order valence-corrected chi connectivity index (χ4v) is 5.78. The van der Waals surface area contributed by atoms with Crippen molar-refractivity contribution in [3.63, 3.8) is 0 Å². The van der Waals surface area contributed by atoms with Crippen molar-refractivity contribution in [2.75, 3.05) is 26.7 Å². The Bertz CT molecular complexity index is 1460. The number of benzene rings is 2. The van der Waals surface area contributed by atoms with Crippen LogP contribution < -0.4 is 0 Å². The smallest absolute Gasteiger partial charge is 0.410 e. The number of nitrogens with zero attached hydrogens (tertiary/aromatic N) is 4. The van der Waals surface area contributed by atoms with Crippen molar-refractivity contribution in [3.05, 3.63) is 72.6 Å². The molecule has 0 aliphatic carbocycles. The fourth-order valence-electron chi connectivity index (χ4n) is 5.78. The Kier molecular flexibility index (Phi) is 6.96. The minimum atomic E-state index is -0.518. The van der Waals surface area contributed by atoms with Gasteiger partial charge in [0.25, 0.3) is 0 Å². The molecule has 2 aliphatic heterocycles. The van der Waals surface area contributed by atoms with Crippen molar-refractivity contribution in [1.29, 1.82) is 0 Å². The van der Waals surface area contributed by atoms with E-state index >= 15 is 0 Å². The highest BCUT2D eigenvalue weighted by molar-refractivity contribution is 5.72. The lowest BCUT2D eigenvalue weighted by Crippen LogP contribution is -2.36. The number of aromatic amines is 2. The normalized spacial score (nSPS) is 19.9. The average Bonchev–Trinajstić information content (AvgIpc) is 3.74. The van der Waals surface area contributed by atoms with Gasteiger partial charge in [0.2, 0.25) is 0 Å². The van der Waals surface area contributed by atoms with Crippen molar-refractivity contribution in [2.24, 2.45) is 0 Å². The number of hydrogen-bond acceptors (Lipinski definition) is 5. The van der Waals surface area contributed by atoms with Gasteiger partial charge in [0.15, 0.2) is 0 Å². The topological polar surface area (TPSA) is 90.1 Å². The predicted molar refractivity (Wildman–Crippen MR) is 157 cm³/mol. The maximum atomic E-state index is 12.7. The van der Waals surface area contributed by atoms with Crippen molar-refractivity contribution in [2.45, 2.75) is 57.6 Å². The molecule has 6 rings (SSSR count). The summed E-state index contributed by atoms with van der Waals surface area (Å²) in [4.78, 5) is 33.2. The van der Waals surface area contributed by atoms with Gasteiger partial charge >= 0.3 is 6.09 Å². The zero-order valence-corrected chi connectivity index (χ0v) is 23.8. The second-order valence-corrected chi connectivity index (χ2v) is 12.1. The first-order chi connectivity index (χ1) is 19.2. The van der Waals surface area contributed by atoms with Crippen LogP contribution in [0.25, 0.3) is 33.6 Å². The van der Waals surface area contributed by atoms with Crippen LogP contribution in [0.2, 0.25) is 0 Å². The first-order valence-electron chi connectivity index (χ1n) is 14.2. The van der Waals surface area contributed by atoms with Crippen molar-refractivity contribution in [3.8, 4) is 33.6 Å². The van der Waals surface area contributed by atoms with Gasteiger partial charge < -0.3 is 19.6 Å². The summed E-state index contributed by atoms with van der Waals surface area (Å²) in [5, 5.41) is 0. The molecule has 0 radical (unpaired) electrons. The zero-order valence-electron chi connectivity index (χ0n) is 23.8. The van der Waals surface area contributed by atoms with Gasteiger partial charge in [-0.25, -0.2) is 14.8 Å². The summed E-state index contributed by atoms with van der Waals surface area (Å²) in [6.07, 6.45) is 6.49. The molecule has 2 atom stereocenters. The third-order valence-corrected chi connectivity index (χ3v) is 7.89. The summed E-state index contributed by atoms with van der Waals surface area (Å²) >= 11 is 0. The number of carbonyl (C=O) groups excluding carboxylic acids is 1. The van der Waals surface area contributed by atoms with Crippen LogP contribution in [0.15, 0.2) is 60.9 Å². The molecule has 0 bridgehead atoms. The van der Waals surface area contributed by atoms with Gasteiger partial charge in [-0.05, 0) is 75.9 Å². The van der Waals surface area contributed by atoms with Gasteiger partial charge in [0, 0.05) is 19.0 Å². The molecule has 8 heteroatoms. The monoisotopic (exact) mass is 538 g/mol. The van der Waals surface area contributed by atoms with E-state index in [4.69, 9.17) is 4.74 Å². The molecule has 4 aromatic rings. The molecule has 2 N–H and O–H groups in total. The van der Waals surface area contributed by atoms with Crippen molar-refractivity contribution >= 4 is 6.09 Å². The Morgan fingerprint density at radius 3 is 1.93 bits per heavy atom. The fraction of sp³-hybridized carbons (Fsp3) is 0.406. The van der Waals surface area contributed by atoms with Crippen LogP contribution in [0, 0.1) is 0 Å². The molecule has 2 aromatic heterocycles. The maximum absolute atomic E-state index is 12.7. The third kappa shape index (κ3) is 5.54. The molecule has 4 heterocycles. The van der Waals surface area contributed by atoms with Crippen molar-refractivity contribution < 1.29 is 9.53 Å². The molecular weight excluding hydrogens is 500 g/mol. The molecule has 208 valence electrons. The molecule has 0 saturated carbocycles. The Labute approximate surface area is 235 Å². The number of ether oxygens (including phenoxy) is 1. The molecule has 8 nitrogen and oxygen atoms in total. The van der Waals surface area contributed by atoms with E-state index in [-0.39, 0.29) is 12.1 Å². The van der Waals surface area contributed by atoms with E-state index in [2.05, 4.69) is 80.4 Å². The summed E-state index contributed by atoms with van der Waals surface area (Å²) in [5.41, 5.74) is 6.00. The molecule has 2 aliphatic rings. The highest BCUT2D eigenvalue weighted by Crippen LogP contribution is 2.33. The number of likely N-dealkylation sites (N-methyl/N-ethyl adjacent to an activating group) is 1. The molecular formula is C32H38N6O2. The Morgan fingerprint density at radius 1 is 0.825 bits per heavy atom. The highest BCUT2D eigenvalue weighted by atomic mass is 16.6. The summed E-state index contributed by atoms with van der Waals surface area (Å²) in [6, 6.07) is 17.0. The van der Waals surface area contributed by atoms with Gasteiger partial charge in [0.1, 0.15) is 17.2 Å². The van der Waals surface area contributed by atoms with E-state index in [0.29, 0.717) is 12.5 Å². The van der Waals surface area contributed by atoms with E-state index < -0.39 is 5.60 Å². The number of rotatable bonds is 5. The minimum absolute atomic E-state index is 0.0909. The Balaban J connectivity index is 1.13. The largest absolute Gasteiger partial charge is 0.444 e. The number of carbonyl (C=O) groups is 1. The first kappa shape index (κ1) is 26.3. The number of amides is 1. The molecule has 2 saturated heterocycles. The molecule has 0 spiro atoms. The van der Waals surface area contributed by atoms with E-state index in [1.165, 1.54) is 0 Å². The minimum Gasteiger partial charge on any atom is -0.444 e. The molecule has 2 aromatic carbocycles. The van der Waals surface area contributed by atoms with Crippen LogP contribution in [0.5, 0.6) is 0 Å². The average molecular weight is 539 g/mol. The van der Waals surface area contributed by atoms with Gasteiger partial charge in [-0.15, -0.1) is 0 Å². The number of likely N-dealkylation sites (tertiary alicyclic amines) is 2. The third-order valence-electron chi connectivity index (χ3n) is 7.89. The van der Waals surface area contributed by atoms with E-state index in [0.717, 1.165) is 77.6 Å². The standard InChI is InChI=1S/C32H38N6O2/c1-32(2,3)40-31(39)38-16-5-6-28(38)30-34-19-27(36-30)24-13-9-22(10-14-24)21-7-11-23(12-8-21)26-18-33-29(35-26)25-15-17-37(4)20-25/h7-14,18-19,25,28H,5-6,15-17,20H2,1-4H3,(H,33,35)(H,34,36)/t25?,28-/m0/s1. The van der Waals surface area contributed by atoms with E-state index in [1.807, 2.05) is 33.2 Å². The summed E-state index contributed by atoms with van der Waals surface area (Å²) in [7, 11) is 2.17. The first-order valence-corrected chi connectivity index (χ1v) is 14.2. The lowest BCUT2D eigenvalue weighted by Gasteiger charge is -2.27. The quantitative estimate of drug-likeness (QED) is 0.298. The number of imidazole rings is 2.